The summed E-state index contributed by atoms with van der Waals surface area (Å²) in [7, 11) is 0. The van der Waals surface area contributed by atoms with Gasteiger partial charge in [-0.15, -0.1) is 5.10 Å². The average Bonchev–Trinajstić information content (AvgIpc) is 3.13. The molecule has 4 aromatic rings. The molecule has 1 atom stereocenters. The first-order chi connectivity index (χ1) is 14.3. The van der Waals surface area contributed by atoms with Gasteiger partial charge in [-0.3, -0.25) is 4.98 Å². The van der Waals surface area contributed by atoms with Gasteiger partial charge in [-0.05, 0) is 25.1 Å². The van der Waals surface area contributed by atoms with E-state index >= 15 is 0 Å². The van der Waals surface area contributed by atoms with Gasteiger partial charge in [0.05, 0.1) is 17.4 Å². The minimum absolute atomic E-state index is 0.398. The molecule has 29 heavy (non-hydrogen) atoms. The number of aromatic nitrogens is 5. The summed E-state index contributed by atoms with van der Waals surface area (Å²) in [6.45, 7) is 5.08. The maximum Gasteiger partial charge on any atom is 0.162 e. The van der Waals surface area contributed by atoms with E-state index in [0.717, 1.165) is 47.9 Å². The standard InChI is InChI=1S/C21H22N8/c1-15-13-23-10-11-28(15)20-12-16(6-7-25-20)29-18-5-3-2-4-17(18)21(27-29)26-19-14-22-8-9-24-19/h2-9,12,14-15,23H,10-11,13H2,1H3,(H,24,26,27)/t15-/m0/s1. The van der Waals surface area contributed by atoms with Crippen molar-refractivity contribution in [3.8, 4) is 5.69 Å². The van der Waals surface area contributed by atoms with Gasteiger partial charge in [0.25, 0.3) is 0 Å². The number of hydrogen-bond donors (Lipinski definition) is 2. The van der Waals surface area contributed by atoms with E-state index in [2.05, 4.69) is 55.6 Å². The Bertz CT molecular complexity index is 1120. The first-order valence-corrected chi connectivity index (χ1v) is 9.74. The van der Waals surface area contributed by atoms with E-state index in [9.17, 15) is 0 Å². The second-order valence-electron chi connectivity index (χ2n) is 7.11. The van der Waals surface area contributed by atoms with E-state index in [1.165, 1.54) is 0 Å². The molecule has 0 saturated carbocycles. The largest absolute Gasteiger partial charge is 0.351 e. The lowest BCUT2D eigenvalue weighted by molar-refractivity contribution is 0.497. The fourth-order valence-electron chi connectivity index (χ4n) is 3.72. The van der Waals surface area contributed by atoms with Gasteiger partial charge in [-0.1, -0.05) is 12.1 Å². The summed E-state index contributed by atoms with van der Waals surface area (Å²) in [5.74, 6) is 2.38. The molecule has 146 valence electrons. The summed E-state index contributed by atoms with van der Waals surface area (Å²) >= 11 is 0. The molecule has 1 aliphatic rings. The molecule has 0 bridgehead atoms. The van der Waals surface area contributed by atoms with Crippen molar-refractivity contribution in [3.63, 3.8) is 0 Å². The quantitative estimate of drug-likeness (QED) is 0.558. The highest BCUT2D eigenvalue weighted by molar-refractivity contribution is 5.92. The van der Waals surface area contributed by atoms with Gasteiger partial charge in [-0.25, -0.2) is 14.6 Å². The minimum Gasteiger partial charge on any atom is -0.351 e. The maximum atomic E-state index is 4.84. The maximum absolute atomic E-state index is 4.84. The van der Waals surface area contributed by atoms with Crippen molar-refractivity contribution in [2.24, 2.45) is 0 Å². The molecule has 0 unspecified atom stereocenters. The summed E-state index contributed by atoms with van der Waals surface area (Å²) in [5.41, 5.74) is 1.99. The van der Waals surface area contributed by atoms with Crippen LogP contribution < -0.4 is 15.5 Å². The van der Waals surface area contributed by atoms with E-state index in [1.807, 2.05) is 29.1 Å². The minimum atomic E-state index is 0.398. The Balaban J connectivity index is 1.56. The van der Waals surface area contributed by atoms with Crippen molar-refractivity contribution in [2.75, 3.05) is 29.9 Å². The van der Waals surface area contributed by atoms with E-state index in [1.54, 1.807) is 18.6 Å². The van der Waals surface area contributed by atoms with Crippen LogP contribution in [0.1, 0.15) is 6.92 Å². The first-order valence-electron chi connectivity index (χ1n) is 9.74. The highest BCUT2D eigenvalue weighted by Gasteiger charge is 2.20. The predicted molar refractivity (Wildman–Crippen MR) is 114 cm³/mol. The molecule has 1 saturated heterocycles. The highest BCUT2D eigenvalue weighted by atomic mass is 15.3. The molecule has 8 nitrogen and oxygen atoms in total. The molecule has 2 N–H and O–H groups in total. The average molecular weight is 386 g/mol. The normalized spacial score (nSPS) is 16.9. The fourth-order valence-corrected chi connectivity index (χ4v) is 3.72. The van der Waals surface area contributed by atoms with Gasteiger partial charge >= 0.3 is 0 Å². The van der Waals surface area contributed by atoms with Crippen LogP contribution in [-0.2, 0) is 0 Å². The molecule has 0 spiro atoms. The molecule has 4 heterocycles. The van der Waals surface area contributed by atoms with Crippen molar-refractivity contribution in [1.82, 2.24) is 30.0 Å². The Morgan fingerprint density at radius 1 is 1.10 bits per heavy atom. The molecule has 0 aliphatic carbocycles. The number of rotatable bonds is 4. The molecular formula is C21H22N8. The lowest BCUT2D eigenvalue weighted by Gasteiger charge is -2.35. The summed E-state index contributed by atoms with van der Waals surface area (Å²) in [4.78, 5) is 15.4. The van der Waals surface area contributed by atoms with Gasteiger partial charge in [0.1, 0.15) is 11.6 Å². The van der Waals surface area contributed by atoms with Crippen LogP contribution >= 0.6 is 0 Å². The number of piperazine rings is 1. The summed E-state index contributed by atoms with van der Waals surface area (Å²) < 4.78 is 1.95. The topological polar surface area (TPSA) is 83.8 Å². The third kappa shape index (κ3) is 3.38. The van der Waals surface area contributed by atoms with Gasteiger partial charge in [0.15, 0.2) is 5.82 Å². The molecule has 3 aromatic heterocycles. The second kappa shape index (κ2) is 7.48. The number of nitrogens with one attached hydrogen (secondary N) is 2. The summed E-state index contributed by atoms with van der Waals surface area (Å²) in [6.07, 6.45) is 6.85. The van der Waals surface area contributed by atoms with Crippen molar-refractivity contribution in [3.05, 3.63) is 61.2 Å². The zero-order valence-corrected chi connectivity index (χ0v) is 16.2. The van der Waals surface area contributed by atoms with E-state index in [-0.39, 0.29) is 0 Å². The van der Waals surface area contributed by atoms with E-state index in [0.29, 0.717) is 11.9 Å². The van der Waals surface area contributed by atoms with Gasteiger partial charge < -0.3 is 15.5 Å². The Labute approximate surface area is 168 Å². The molecule has 5 rings (SSSR count). The Hall–Kier alpha value is -3.52. The van der Waals surface area contributed by atoms with Gasteiger partial charge in [-0.2, -0.15) is 0 Å². The van der Waals surface area contributed by atoms with Crippen LogP contribution in [0.4, 0.5) is 17.5 Å². The van der Waals surface area contributed by atoms with Crippen LogP contribution in [0.25, 0.3) is 16.6 Å². The van der Waals surface area contributed by atoms with Gasteiger partial charge in [0, 0.05) is 55.7 Å². The predicted octanol–water partition coefficient (Wildman–Crippen LogP) is 2.75. The highest BCUT2D eigenvalue weighted by Crippen LogP contribution is 2.28. The van der Waals surface area contributed by atoms with E-state index < -0.39 is 0 Å². The lowest BCUT2D eigenvalue weighted by Crippen LogP contribution is -2.50. The lowest BCUT2D eigenvalue weighted by atomic mass is 10.2. The SMILES string of the molecule is C[C@H]1CNCCN1c1cc(-n2nc(Nc3cnccn3)c3ccccc32)ccn1. The molecule has 1 aliphatic heterocycles. The van der Waals surface area contributed by atoms with E-state index in [4.69, 9.17) is 5.10 Å². The number of anilines is 3. The zero-order valence-electron chi connectivity index (χ0n) is 16.2. The number of nitrogens with zero attached hydrogens (tertiary/aromatic N) is 6. The number of para-hydroxylation sites is 1. The van der Waals surface area contributed by atoms with Crippen molar-refractivity contribution in [2.45, 2.75) is 13.0 Å². The van der Waals surface area contributed by atoms with Crippen molar-refractivity contribution >= 4 is 28.4 Å². The second-order valence-corrected chi connectivity index (χ2v) is 7.11. The molecule has 1 fully saturated rings. The van der Waals surface area contributed by atoms with Crippen molar-refractivity contribution < 1.29 is 0 Å². The molecule has 0 radical (unpaired) electrons. The van der Waals surface area contributed by atoms with Crippen LogP contribution in [0.3, 0.4) is 0 Å². The fraction of sp³-hybridized carbons (Fsp3) is 0.238. The Morgan fingerprint density at radius 2 is 2.03 bits per heavy atom. The smallest absolute Gasteiger partial charge is 0.162 e. The Kier molecular flexibility index (Phi) is 4.53. The van der Waals surface area contributed by atoms with Crippen molar-refractivity contribution in [1.29, 1.82) is 0 Å². The number of hydrogen-bond acceptors (Lipinski definition) is 7. The molecule has 1 aromatic carbocycles. The monoisotopic (exact) mass is 386 g/mol. The molecule has 8 heteroatoms. The summed E-state index contributed by atoms with van der Waals surface area (Å²) in [6, 6.07) is 12.6. The van der Waals surface area contributed by atoms with Crippen LogP contribution in [-0.4, -0.2) is 50.4 Å². The first kappa shape index (κ1) is 17.6. The zero-order chi connectivity index (χ0) is 19.6. The number of benzene rings is 1. The van der Waals surface area contributed by atoms with Gasteiger partial charge in [0.2, 0.25) is 0 Å². The Morgan fingerprint density at radius 3 is 2.90 bits per heavy atom. The third-order valence-corrected chi connectivity index (χ3v) is 5.17. The third-order valence-electron chi connectivity index (χ3n) is 5.17. The van der Waals surface area contributed by atoms with Crippen LogP contribution in [0.5, 0.6) is 0 Å². The van der Waals surface area contributed by atoms with Crippen LogP contribution in [0.2, 0.25) is 0 Å². The molecular weight excluding hydrogens is 364 g/mol. The van der Waals surface area contributed by atoms with Crippen LogP contribution in [0, 0.1) is 0 Å². The molecule has 0 amide bonds. The number of fused-ring (bicyclic) bond motifs is 1. The van der Waals surface area contributed by atoms with Crippen LogP contribution in [0.15, 0.2) is 61.2 Å². The number of pyridine rings is 1. The summed E-state index contributed by atoms with van der Waals surface area (Å²) in [5, 5.41) is 12.6.